The maximum Gasteiger partial charge on any atom is 0.118 e. The minimum atomic E-state index is -0.576. The summed E-state index contributed by atoms with van der Waals surface area (Å²) < 4.78 is 7.65. The molecule has 0 aliphatic carbocycles. The first-order valence-electron chi connectivity index (χ1n) is 19.1. The first kappa shape index (κ1) is 40.9. The molecule has 0 spiro atoms. The summed E-state index contributed by atoms with van der Waals surface area (Å²) in [5.41, 5.74) is 3.58. The van der Waals surface area contributed by atoms with Gasteiger partial charge in [0.25, 0.3) is 0 Å². The topological polar surface area (TPSA) is 56.8 Å². The number of hydrogen-bond donors (Lipinski definition) is 0. The summed E-state index contributed by atoms with van der Waals surface area (Å²) in [6.07, 6.45) is 5.65. The molecule has 8 rings (SSSR count). The van der Waals surface area contributed by atoms with Crippen LogP contribution in [0, 0.1) is 33.5 Å². The first-order valence-corrected chi connectivity index (χ1v) is 19.1. The average Bonchev–Trinajstić information content (AvgIpc) is 3.98. The third-order valence-electron chi connectivity index (χ3n) is 13.9. The third kappa shape index (κ3) is 6.72. The molecule has 0 unspecified atom stereocenters. The summed E-state index contributed by atoms with van der Waals surface area (Å²) in [5.74, 6) is 0. The maximum absolute atomic E-state index is 10.7. The van der Waals surface area contributed by atoms with E-state index in [-0.39, 0.29) is 44.8 Å². The second-order valence-electron chi connectivity index (χ2n) is 16.0. The summed E-state index contributed by atoms with van der Waals surface area (Å²) in [6.45, 7) is 12.6. The predicted molar refractivity (Wildman–Crippen MR) is 204 cm³/mol. The van der Waals surface area contributed by atoms with Crippen LogP contribution in [0.25, 0.3) is 0 Å². The molecule has 0 amide bonds. The van der Waals surface area contributed by atoms with Gasteiger partial charge in [-0.1, -0.05) is 121 Å². The van der Waals surface area contributed by atoms with Crippen LogP contribution < -0.4 is 34.0 Å². The fourth-order valence-corrected chi connectivity index (χ4v) is 11.3. The number of methoxy groups -OCH3 is 1. The van der Waals surface area contributed by atoms with E-state index in [1.54, 1.807) is 7.11 Å². The highest BCUT2D eigenvalue weighted by Crippen LogP contribution is 2.61. The molecule has 4 aromatic carbocycles. The minimum Gasteiger partial charge on any atom is -1.00 e. The van der Waals surface area contributed by atoms with Crippen LogP contribution in [0.1, 0.15) is 61.3 Å². The van der Waals surface area contributed by atoms with Gasteiger partial charge in [-0.2, -0.15) is 10.5 Å². The number of quaternary nitrogens is 2. The molecule has 0 atom stereocenters. The highest BCUT2D eigenvalue weighted by Gasteiger charge is 2.67. The summed E-state index contributed by atoms with van der Waals surface area (Å²) in [4.78, 5) is 0. The van der Waals surface area contributed by atoms with Crippen molar-refractivity contribution in [1.82, 2.24) is 0 Å². The Hall–Kier alpha value is -3.30. The Balaban J connectivity index is 0.000000198. The zero-order valence-electron chi connectivity index (χ0n) is 31.4. The number of nitrogens with zero attached hydrogens (tertiary/aromatic N) is 4. The van der Waals surface area contributed by atoms with E-state index in [1.807, 2.05) is 24.3 Å². The predicted octanol–water partition coefficient (Wildman–Crippen LogP) is 2.28. The lowest BCUT2D eigenvalue weighted by Gasteiger charge is -2.41. The molecule has 4 heterocycles. The van der Waals surface area contributed by atoms with E-state index in [9.17, 15) is 10.5 Å². The molecule has 0 radical (unpaired) electrons. The lowest BCUT2D eigenvalue weighted by Crippen LogP contribution is -3.00. The lowest BCUT2D eigenvalue weighted by molar-refractivity contribution is -0.909. The van der Waals surface area contributed by atoms with Gasteiger partial charge in [-0.3, -0.25) is 0 Å². The molecule has 0 N–H and O–H groups in total. The van der Waals surface area contributed by atoms with Gasteiger partial charge in [-0.25, -0.2) is 0 Å². The van der Waals surface area contributed by atoms with Crippen LogP contribution in [0.2, 0.25) is 0 Å². The molecule has 278 valence electrons. The molecule has 0 aromatic heterocycles. The molecule has 0 saturated carbocycles. The van der Waals surface area contributed by atoms with Gasteiger partial charge < -0.3 is 47.7 Å². The number of nitriles is 2. The number of halogens is 2. The zero-order chi connectivity index (χ0) is 35.5. The smallest absolute Gasteiger partial charge is 0.118 e. The number of piperidine rings is 2. The molecule has 7 heteroatoms. The summed E-state index contributed by atoms with van der Waals surface area (Å²) in [5, 5.41) is 21.2. The van der Waals surface area contributed by atoms with Crippen LogP contribution >= 0.6 is 0 Å². The minimum absolute atomic E-state index is 0. The van der Waals surface area contributed by atoms with Gasteiger partial charge >= 0.3 is 0 Å². The molecule has 4 saturated heterocycles. The van der Waals surface area contributed by atoms with Crippen LogP contribution in [0.15, 0.2) is 121 Å². The van der Waals surface area contributed by atoms with Crippen LogP contribution in [-0.4, -0.2) is 75.0 Å². The van der Waals surface area contributed by atoms with Crippen molar-refractivity contribution in [1.29, 1.82) is 10.5 Å². The Morgan fingerprint density at radius 1 is 0.566 bits per heavy atom. The van der Waals surface area contributed by atoms with Crippen molar-refractivity contribution in [2.24, 2.45) is 10.8 Å². The second-order valence-corrected chi connectivity index (χ2v) is 16.0. The molecule has 4 aromatic rings. The Morgan fingerprint density at radius 2 is 0.887 bits per heavy atom. The highest BCUT2D eigenvalue weighted by atomic mass is 79.9. The van der Waals surface area contributed by atoms with E-state index in [0.29, 0.717) is 0 Å². The molecular weight excluding hydrogens is 784 g/mol. The Kier molecular flexibility index (Phi) is 12.8. The zero-order valence-corrected chi connectivity index (χ0v) is 34.6. The monoisotopic (exact) mass is 836 g/mol. The van der Waals surface area contributed by atoms with Crippen molar-refractivity contribution in [3.8, 4) is 12.1 Å². The lowest BCUT2D eigenvalue weighted by atomic mass is 9.56. The largest absolute Gasteiger partial charge is 1.00 e. The van der Waals surface area contributed by atoms with Gasteiger partial charge in [0.2, 0.25) is 0 Å². The van der Waals surface area contributed by atoms with Gasteiger partial charge in [0.15, 0.2) is 0 Å². The van der Waals surface area contributed by atoms with Crippen molar-refractivity contribution < 1.29 is 47.7 Å². The van der Waals surface area contributed by atoms with Crippen LogP contribution in [0.3, 0.4) is 0 Å². The normalized spacial score (nSPS) is 26.6. The van der Waals surface area contributed by atoms with Gasteiger partial charge in [0.1, 0.15) is 10.8 Å². The Morgan fingerprint density at radius 3 is 1.17 bits per heavy atom. The van der Waals surface area contributed by atoms with E-state index >= 15 is 0 Å². The summed E-state index contributed by atoms with van der Waals surface area (Å²) in [7, 11) is 1.78. The third-order valence-corrected chi connectivity index (χ3v) is 13.9. The van der Waals surface area contributed by atoms with Crippen LogP contribution in [-0.2, 0) is 15.6 Å². The van der Waals surface area contributed by atoms with Crippen LogP contribution in [0.4, 0.5) is 0 Å². The number of rotatable bonds is 11. The molecule has 4 fully saturated rings. The van der Waals surface area contributed by atoms with Crippen molar-refractivity contribution in [2.45, 2.75) is 49.9 Å². The van der Waals surface area contributed by atoms with Crippen molar-refractivity contribution >= 4 is 0 Å². The highest BCUT2D eigenvalue weighted by molar-refractivity contribution is 5.51. The van der Waals surface area contributed by atoms with Crippen molar-refractivity contribution in [3.63, 3.8) is 0 Å². The van der Waals surface area contributed by atoms with Gasteiger partial charge in [0, 0.05) is 39.2 Å². The van der Waals surface area contributed by atoms with E-state index in [2.05, 4.69) is 116 Å². The van der Waals surface area contributed by atoms with Gasteiger partial charge in [-0.05, 0) is 29.2 Å². The van der Waals surface area contributed by atoms with Crippen molar-refractivity contribution in [2.75, 3.05) is 66.1 Å². The molecule has 4 aliphatic heterocycles. The molecule has 4 aliphatic rings. The molecule has 4 bridgehead atoms. The van der Waals surface area contributed by atoms with Gasteiger partial charge in [-0.15, -0.1) is 0 Å². The maximum atomic E-state index is 10.7. The average molecular weight is 839 g/mol. The molecule has 53 heavy (non-hydrogen) atoms. The fourth-order valence-electron chi connectivity index (χ4n) is 11.3. The summed E-state index contributed by atoms with van der Waals surface area (Å²) >= 11 is 0. The number of ether oxygens (including phenoxy) is 1. The van der Waals surface area contributed by atoms with E-state index < -0.39 is 10.8 Å². The molecule has 5 nitrogen and oxygen atoms in total. The van der Waals surface area contributed by atoms with E-state index in [1.165, 1.54) is 43.8 Å². The fraction of sp³-hybridized carbons (Fsp3) is 0.435. The quantitative estimate of drug-likeness (QED) is 0.172. The number of fused-ring (bicyclic) bond motifs is 4. The van der Waals surface area contributed by atoms with E-state index in [4.69, 9.17) is 4.74 Å². The second kappa shape index (κ2) is 16.6. The summed E-state index contributed by atoms with van der Waals surface area (Å²) in [6, 6.07) is 47.7. The first-order chi connectivity index (χ1) is 24.9. The molecular formula is C46H54Br2N4O. The number of hydrogen-bond acceptors (Lipinski definition) is 3. The number of benzene rings is 4. The standard InChI is InChI=1S/C24H29N2O.C22H25N2.2BrH/c1-27-18-8-15-26-16-13-23(20-26,14-17-26)24(19-25,21-9-4-2-5-10-21)22-11-6-3-7-12-22;1-2-24-15-13-21(18-24,14-16-24)22(17-23,19-9-5-3-6-10-19)20-11-7-4-8-12-20;;/h2-7,9-12H,8,13-18,20H2,1H3;3-12H,2,13-16,18H2,1H3;2*1H/q2*+1;;/p-2. The van der Waals surface area contributed by atoms with E-state index in [0.717, 1.165) is 78.5 Å². The van der Waals surface area contributed by atoms with Crippen LogP contribution in [0.5, 0.6) is 0 Å². The Labute approximate surface area is 338 Å². The SMILES string of the molecule is CC[N+]12CCC(C(C#N)(c3ccccc3)c3ccccc3)(CC1)C2.COCCC[N+]12CCC(C(C#N)(c3ccccc3)c3ccccc3)(CC1)C2.[Br-].[Br-]. The Bertz CT molecular complexity index is 1760. The van der Waals surface area contributed by atoms with Gasteiger partial charge in [0.05, 0.1) is 81.9 Å². The van der Waals surface area contributed by atoms with Crippen molar-refractivity contribution in [3.05, 3.63) is 144 Å².